The maximum atomic E-state index is 12.9. The van der Waals surface area contributed by atoms with Crippen LogP contribution in [0.15, 0.2) is 29.9 Å². The number of imidazole rings is 1. The van der Waals surface area contributed by atoms with Gasteiger partial charge in [0.15, 0.2) is 5.03 Å². The van der Waals surface area contributed by atoms with Crippen LogP contribution < -0.4 is 0 Å². The van der Waals surface area contributed by atoms with Crippen molar-refractivity contribution in [2.24, 2.45) is 0 Å². The van der Waals surface area contributed by atoms with E-state index in [4.69, 9.17) is 0 Å². The molecule has 0 radical (unpaired) electrons. The van der Waals surface area contributed by atoms with E-state index in [-0.39, 0.29) is 11.1 Å². The minimum Gasteiger partial charge on any atom is -0.334 e. The van der Waals surface area contributed by atoms with Gasteiger partial charge in [-0.2, -0.15) is 9.40 Å². The van der Waals surface area contributed by atoms with E-state index in [0.29, 0.717) is 19.6 Å². The molecule has 150 valence electrons. The Morgan fingerprint density at radius 1 is 1.15 bits per heavy atom. The van der Waals surface area contributed by atoms with Crippen LogP contribution in [0, 0.1) is 0 Å². The molecule has 1 aliphatic rings. The maximum Gasteiger partial charge on any atom is 0.262 e. The number of hydrogen-bond donors (Lipinski definition) is 0. The van der Waals surface area contributed by atoms with Crippen molar-refractivity contribution in [3.05, 3.63) is 30.5 Å². The lowest BCUT2D eigenvalue weighted by Crippen LogP contribution is -2.35. The van der Waals surface area contributed by atoms with Gasteiger partial charge in [-0.25, -0.2) is 13.4 Å². The van der Waals surface area contributed by atoms with Crippen molar-refractivity contribution < 1.29 is 8.42 Å². The van der Waals surface area contributed by atoms with Crippen LogP contribution >= 0.6 is 0 Å². The molecule has 1 fully saturated rings. The summed E-state index contributed by atoms with van der Waals surface area (Å²) in [7, 11) is -3.54. The number of aromatic nitrogens is 4. The van der Waals surface area contributed by atoms with Gasteiger partial charge in [-0.15, -0.1) is 0 Å². The summed E-state index contributed by atoms with van der Waals surface area (Å²) in [5.74, 6) is 0. The zero-order chi connectivity index (χ0) is 19.4. The van der Waals surface area contributed by atoms with Gasteiger partial charge in [0.2, 0.25) is 0 Å². The summed E-state index contributed by atoms with van der Waals surface area (Å²) in [5.41, 5.74) is 1.18. The molecule has 2 aromatic heterocycles. The van der Waals surface area contributed by atoms with Crippen LogP contribution in [0.25, 0.3) is 0 Å². The van der Waals surface area contributed by atoms with Gasteiger partial charge in [0, 0.05) is 56.7 Å². The molecule has 0 amide bonds. The topological polar surface area (TPSA) is 76.3 Å². The molecule has 1 aliphatic heterocycles. The normalized spacial score (nSPS) is 17.5. The standard InChI is InChI=1S/C18H30N6O2S/c1-4-6-23-13-17(11-20-23)12-21-7-5-8-24(10-9-21)27(25,26)18-14-22(15-19-18)16(2)3/h11,13-16H,4-10,12H2,1-3H3. The zero-order valence-electron chi connectivity index (χ0n) is 16.5. The first-order valence-electron chi connectivity index (χ1n) is 9.67. The van der Waals surface area contributed by atoms with E-state index < -0.39 is 10.0 Å². The van der Waals surface area contributed by atoms with Gasteiger partial charge in [0.25, 0.3) is 10.0 Å². The third kappa shape index (κ3) is 4.77. The maximum absolute atomic E-state index is 12.9. The molecule has 8 nitrogen and oxygen atoms in total. The second kappa shape index (κ2) is 8.53. The summed E-state index contributed by atoms with van der Waals surface area (Å²) in [5, 5.41) is 4.52. The molecular weight excluding hydrogens is 364 g/mol. The van der Waals surface area contributed by atoms with E-state index in [1.165, 1.54) is 5.56 Å². The molecule has 3 rings (SSSR count). The summed E-state index contributed by atoms with van der Waals surface area (Å²) < 4.78 is 31.2. The highest BCUT2D eigenvalue weighted by Crippen LogP contribution is 2.18. The summed E-state index contributed by atoms with van der Waals surface area (Å²) in [4.78, 5) is 6.43. The van der Waals surface area contributed by atoms with Crippen LogP contribution in [0.3, 0.4) is 0 Å². The summed E-state index contributed by atoms with van der Waals surface area (Å²) in [6, 6.07) is 0.190. The fraction of sp³-hybridized carbons (Fsp3) is 0.667. The van der Waals surface area contributed by atoms with Crippen molar-refractivity contribution in [2.45, 2.75) is 57.8 Å². The molecule has 9 heteroatoms. The number of aryl methyl sites for hydroxylation is 1. The van der Waals surface area contributed by atoms with Crippen LogP contribution in [0.4, 0.5) is 0 Å². The van der Waals surface area contributed by atoms with Crippen molar-refractivity contribution >= 4 is 10.0 Å². The molecule has 0 atom stereocenters. The van der Waals surface area contributed by atoms with Crippen LogP contribution in [-0.2, 0) is 23.1 Å². The van der Waals surface area contributed by atoms with Crippen molar-refractivity contribution in [3.8, 4) is 0 Å². The lowest BCUT2D eigenvalue weighted by molar-refractivity contribution is 0.278. The van der Waals surface area contributed by atoms with Crippen molar-refractivity contribution in [1.82, 2.24) is 28.5 Å². The van der Waals surface area contributed by atoms with Gasteiger partial charge in [-0.05, 0) is 33.2 Å². The fourth-order valence-electron chi connectivity index (χ4n) is 3.31. The van der Waals surface area contributed by atoms with Gasteiger partial charge < -0.3 is 4.57 Å². The lowest BCUT2D eigenvalue weighted by Gasteiger charge is -2.20. The molecule has 3 heterocycles. The zero-order valence-corrected chi connectivity index (χ0v) is 17.3. The second-order valence-corrected chi connectivity index (χ2v) is 9.28. The summed E-state index contributed by atoms with van der Waals surface area (Å²) in [6.07, 6.45) is 9.09. The molecule has 0 saturated carbocycles. The predicted molar refractivity (Wildman–Crippen MR) is 104 cm³/mol. The molecular formula is C18H30N6O2S. The molecule has 0 bridgehead atoms. The Morgan fingerprint density at radius 3 is 2.67 bits per heavy atom. The summed E-state index contributed by atoms with van der Waals surface area (Å²) in [6.45, 7) is 10.5. The molecule has 0 N–H and O–H groups in total. The van der Waals surface area contributed by atoms with Gasteiger partial charge in [0.1, 0.15) is 0 Å². The van der Waals surface area contributed by atoms with E-state index >= 15 is 0 Å². The number of hydrogen-bond acceptors (Lipinski definition) is 5. The number of nitrogens with zero attached hydrogens (tertiary/aromatic N) is 6. The van der Waals surface area contributed by atoms with Crippen molar-refractivity contribution in [1.29, 1.82) is 0 Å². The Morgan fingerprint density at radius 2 is 1.96 bits per heavy atom. The van der Waals surface area contributed by atoms with E-state index in [1.54, 1.807) is 16.8 Å². The molecule has 2 aromatic rings. The third-order valence-corrected chi connectivity index (χ3v) is 6.66. The Kier molecular flexibility index (Phi) is 6.33. The molecule has 0 aliphatic carbocycles. The predicted octanol–water partition coefficient (Wildman–Crippen LogP) is 1.97. The highest BCUT2D eigenvalue weighted by Gasteiger charge is 2.29. The van der Waals surface area contributed by atoms with Crippen LogP contribution in [-0.4, -0.2) is 63.1 Å². The highest BCUT2D eigenvalue weighted by molar-refractivity contribution is 7.89. The second-order valence-electron chi connectivity index (χ2n) is 7.40. The van der Waals surface area contributed by atoms with E-state index in [0.717, 1.165) is 32.5 Å². The first kappa shape index (κ1) is 20.0. The Balaban J connectivity index is 1.62. The fourth-order valence-corrected chi connectivity index (χ4v) is 4.70. The van der Waals surface area contributed by atoms with Crippen LogP contribution in [0.2, 0.25) is 0 Å². The quantitative estimate of drug-likeness (QED) is 0.718. The molecule has 27 heavy (non-hydrogen) atoms. The third-order valence-electron chi connectivity index (χ3n) is 4.87. The summed E-state index contributed by atoms with van der Waals surface area (Å²) >= 11 is 0. The highest BCUT2D eigenvalue weighted by atomic mass is 32.2. The Hall–Kier alpha value is -1.71. The van der Waals surface area contributed by atoms with Gasteiger partial charge in [-0.1, -0.05) is 6.92 Å². The average Bonchev–Trinajstić information content (AvgIpc) is 3.22. The molecule has 1 saturated heterocycles. The first-order valence-corrected chi connectivity index (χ1v) is 11.1. The van der Waals surface area contributed by atoms with Crippen molar-refractivity contribution in [3.63, 3.8) is 0 Å². The molecule has 0 spiro atoms. The Labute approximate surface area is 161 Å². The first-order chi connectivity index (χ1) is 12.9. The van der Waals surface area contributed by atoms with Crippen LogP contribution in [0.5, 0.6) is 0 Å². The number of sulfonamides is 1. The minimum absolute atomic E-state index is 0.144. The molecule has 0 unspecified atom stereocenters. The van der Waals surface area contributed by atoms with Gasteiger partial charge >= 0.3 is 0 Å². The molecule has 0 aromatic carbocycles. The Bertz CT molecular complexity index is 842. The van der Waals surface area contributed by atoms with E-state index in [2.05, 4.69) is 28.1 Å². The largest absolute Gasteiger partial charge is 0.334 e. The SMILES string of the molecule is CCCn1cc(CN2CCCN(S(=O)(=O)c3cn(C(C)C)cn3)CC2)cn1. The van der Waals surface area contributed by atoms with Gasteiger partial charge in [-0.3, -0.25) is 9.58 Å². The van der Waals surface area contributed by atoms with E-state index in [1.807, 2.05) is 29.3 Å². The number of rotatable bonds is 7. The smallest absolute Gasteiger partial charge is 0.262 e. The van der Waals surface area contributed by atoms with Crippen molar-refractivity contribution in [2.75, 3.05) is 26.2 Å². The van der Waals surface area contributed by atoms with Gasteiger partial charge in [0.05, 0.1) is 12.5 Å². The minimum atomic E-state index is -3.54. The lowest BCUT2D eigenvalue weighted by atomic mass is 10.3. The monoisotopic (exact) mass is 394 g/mol. The van der Waals surface area contributed by atoms with E-state index in [9.17, 15) is 8.42 Å². The van der Waals surface area contributed by atoms with Crippen LogP contribution in [0.1, 0.15) is 45.2 Å². The average molecular weight is 395 g/mol.